The summed E-state index contributed by atoms with van der Waals surface area (Å²) >= 11 is 0. The Hall–Kier alpha value is -3.81. The van der Waals surface area contributed by atoms with Crippen LogP contribution in [0.4, 0.5) is 8.78 Å². The molecule has 0 radical (unpaired) electrons. The molecule has 1 amide bonds. The average Bonchev–Trinajstić information content (AvgIpc) is 3.16. The van der Waals surface area contributed by atoms with Crippen LogP contribution < -0.4 is 10.9 Å². The van der Waals surface area contributed by atoms with Crippen molar-refractivity contribution in [2.24, 2.45) is 0 Å². The van der Waals surface area contributed by atoms with E-state index in [-0.39, 0.29) is 18.6 Å². The van der Waals surface area contributed by atoms with Crippen molar-refractivity contribution < 1.29 is 13.6 Å². The highest BCUT2D eigenvalue weighted by Gasteiger charge is 2.17. The second-order valence-electron chi connectivity index (χ2n) is 7.33. The van der Waals surface area contributed by atoms with Crippen molar-refractivity contribution >= 4 is 11.4 Å². The molecule has 0 fully saturated rings. The van der Waals surface area contributed by atoms with Crippen molar-refractivity contribution in [3.63, 3.8) is 0 Å². The first-order chi connectivity index (χ1) is 14.8. The summed E-state index contributed by atoms with van der Waals surface area (Å²) < 4.78 is 30.4. The Kier molecular flexibility index (Phi) is 5.37. The van der Waals surface area contributed by atoms with E-state index >= 15 is 0 Å². The molecule has 158 valence electrons. The van der Waals surface area contributed by atoms with Crippen molar-refractivity contribution in [1.82, 2.24) is 19.5 Å². The number of hydrogen-bond acceptors (Lipinski definition) is 3. The van der Waals surface area contributed by atoms with Gasteiger partial charge in [0.2, 0.25) is 0 Å². The molecule has 0 aliphatic rings. The van der Waals surface area contributed by atoms with Crippen molar-refractivity contribution in [3.05, 3.63) is 93.5 Å². The zero-order valence-electron chi connectivity index (χ0n) is 17.0. The fraction of sp³-hybridized carbons (Fsp3) is 0.174. The number of amides is 1. The Bertz CT molecular complexity index is 1340. The van der Waals surface area contributed by atoms with Gasteiger partial charge in [0.15, 0.2) is 0 Å². The lowest BCUT2D eigenvalue weighted by molar-refractivity contribution is 0.0943. The Morgan fingerprint density at radius 2 is 1.81 bits per heavy atom. The standard InChI is InChI=1S/C23H20F2N4O2/c1-14-6-7-15(2)16(12-14)19-13-20-23(31)28(10-11-29(20)27-19)9-8-26-22(30)21-17(24)4-3-5-18(21)25/h3-7,10-13H,8-9H2,1-2H3,(H,26,30). The van der Waals surface area contributed by atoms with Crippen molar-refractivity contribution in [2.45, 2.75) is 20.4 Å². The van der Waals surface area contributed by atoms with Gasteiger partial charge < -0.3 is 9.88 Å². The van der Waals surface area contributed by atoms with Crippen LogP contribution in [-0.4, -0.2) is 26.6 Å². The van der Waals surface area contributed by atoms with Gasteiger partial charge in [0.25, 0.3) is 11.5 Å². The van der Waals surface area contributed by atoms with Crippen LogP contribution in [0.2, 0.25) is 0 Å². The number of rotatable bonds is 5. The molecule has 0 saturated carbocycles. The molecular formula is C23H20F2N4O2. The van der Waals surface area contributed by atoms with Crippen LogP contribution >= 0.6 is 0 Å². The number of nitrogens with zero attached hydrogens (tertiary/aromatic N) is 3. The van der Waals surface area contributed by atoms with Gasteiger partial charge >= 0.3 is 0 Å². The maximum Gasteiger partial charge on any atom is 0.276 e. The smallest absolute Gasteiger partial charge is 0.276 e. The minimum absolute atomic E-state index is 0.0284. The van der Waals surface area contributed by atoms with Gasteiger partial charge in [0.05, 0.1) is 5.69 Å². The van der Waals surface area contributed by atoms with Crippen molar-refractivity contribution in [1.29, 1.82) is 0 Å². The normalized spacial score (nSPS) is 11.1. The lowest BCUT2D eigenvalue weighted by Crippen LogP contribution is -2.32. The highest BCUT2D eigenvalue weighted by molar-refractivity contribution is 5.94. The summed E-state index contributed by atoms with van der Waals surface area (Å²) in [6, 6.07) is 11.0. The molecule has 2 aromatic heterocycles. The molecule has 1 N–H and O–H groups in total. The third-order valence-electron chi connectivity index (χ3n) is 5.10. The fourth-order valence-electron chi connectivity index (χ4n) is 3.44. The predicted octanol–water partition coefficient (Wildman–Crippen LogP) is 3.49. The molecule has 0 aliphatic heterocycles. The summed E-state index contributed by atoms with van der Waals surface area (Å²) in [6.07, 6.45) is 3.22. The van der Waals surface area contributed by atoms with E-state index in [1.807, 2.05) is 32.0 Å². The van der Waals surface area contributed by atoms with Gasteiger partial charge in [0.1, 0.15) is 22.7 Å². The number of benzene rings is 2. The number of halogens is 2. The Morgan fingerprint density at radius 1 is 1.06 bits per heavy atom. The maximum absolute atomic E-state index is 13.7. The Morgan fingerprint density at radius 3 is 2.55 bits per heavy atom. The van der Waals surface area contributed by atoms with Gasteiger partial charge in [-0.3, -0.25) is 9.59 Å². The quantitative estimate of drug-likeness (QED) is 0.535. The molecule has 4 aromatic rings. The van der Waals surface area contributed by atoms with E-state index in [0.717, 1.165) is 28.8 Å². The maximum atomic E-state index is 13.7. The molecule has 0 spiro atoms. The van der Waals surface area contributed by atoms with E-state index in [1.165, 1.54) is 15.1 Å². The summed E-state index contributed by atoms with van der Waals surface area (Å²) in [5, 5.41) is 6.95. The Balaban J connectivity index is 1.54. The number of fused-ring (bicyclic) bond motifs is 1. The summed E-state index contributed by atoms with van der Waals surface area (Å²) in [5.74, 6) is -2.74. The van der Waals surface area contributed by atoms with Crippen molar-refractivity contribution in [3.8, 4) is 11.3 Å². The third kappa shape index (κ3) is 3.96. The van der Waals surface area contributed by atoms with E-state index in [0.29, 0.717) is 11.2 Å². The molecule has 2 aromatic carbocycles. The number of aromatic nitrogens is 3. The summed E-state index contributed by atoms with van der Waals surface area (Å²) in [5.41, 5.74) is 3.27. The summed E-state index contributed by atoms with van der Waals surface area (Å²) in [6.45, 7) is 4.15. The van der Waals surface area contributed by atoms with Crippen LogP contribution in [0.3, 0.4) is 0 Å². The lowest BCUT2D eigenvalue weighted by Gasteiger charge is -2.09. The highest BCUT2D eigenvalue weighted by atomic mass is 19.1. The molecule has 0 unspecified atom stereocenters. The van der Waals surface area contributed by atoms with Crippen LogP contribution in [0.25, 0.3) is 16.8 Å². The minimum atomic E-state index is -0.936. The van der Waals surface area contributed by atoms with Gasteiger partial charge in [-0.2, -0.15) is 5.10 Å². The Labute approximate surface area is 176 Å². The van der Waals surface area contributed by atoms with Gasteiger partial charge in [-0.15, -0.1) is 0 Å². The molecule has 0 atom stereocenters. The molecular weight excluding hydrogens is 402 g/mol. The van der Waals surface area contributed by atoms with Crippen LogP contribution in [0.1, 0.15) is 21.5 Å². The first kappa shape index (κ1) is 20.5. The van der Waals surface area contributed by atoms with E-state index in [4.69, 9.17) is 0 Å². The van der Waals surface area contributed by atoms with Crippen LogP contribution in [0.15, 0.2) is 59.7 Å². The van der Waals surface area contributed by atoms with Crippen LogP contribution in [0.5, 0.6) is 0 Å². The van der Waals surface area contributed by atoms with Gasteiger partial charge in [-0.25, -0.2) is 13.3 Å². The SMILES string of the molecule is Cc1ccc(C)c(-c2cc3c(=O)n(CCNC(=O)c4c(F)cccc4F)ccn3n2)c1. The summed E-state index contributed by atoms with van der Waals surface area (Å²) in [7, 11) is 0. The zero-order chi connectivity index (χ0) is 22.1. The summed E-state index contributed by atoms with van der Waals surface area (Å²) in [4.78, 5) is 24.9. The second-order valence-corrected chi connectivity index (χ2v) is 7.33. The van der Waals surface area contributed by atoms with Crippen LogP contribution in [0, 0.1) is 25.5 Å². The van der Waals surface area contributed by atoms with Crippen molar-refractivity contribution in [2.75, 3.05) is 6.54 Å². The highest BCUT2D eigenvalue weighted by Crippen LogP contribution is 2.23. The number of hydrogen-bond donors (Lipinski definition) is 1. The molecule has 4 rings (SSSR count). The van der Waals surface area contributed by atoms with Gasteiger partial charge in [-0.05, 0) is 43.7 Å². The largest absolute Gasteiger partial charge is 0.350 e. The molecule has 0 bridgehead atoms. The monoisotopic (exact) mass is 422 g/mol. The predicted molar refractivity (Wildman–Crippen MR) is 113 cm³/mol. The lowest BCUT2D eigenvalue weighted by atomic mass is 10.0. The fourth-order valence-corrected chi connectivity index (χ4v) is 3.44. The van der Waals surface area contributed by atoms with E-state index in [2.05, 4.69) is 10.4 Å². The second kappa shape index (κ2) is 8.14. The number of aryl methyl sites for hydroxylation is 2. The first-order valence-corrected chi connectivity index (χ1v) is 9.74. The third-order valence-corrected chi connectivity index (χ3v) is 5.10. The molecule has 0 saturated heterocycles. The topological polar surface area (TPSA) is 68.4 Å². The molecule has 0 aliphatic carbocycles. The number of nitrogens with one attached hydrogen (secondary N) is 1. The van der Waals surface area contributed by atoms with Gasteiger partial charge in [0, 0.05) is 31.0 Å². The first-order valence-electron chi connectivity index (χ1n) is 9.74. The number of carbonyl (C=O) groups excluding carboxylic acids is 1. The molecule has 31 heavy (non-hydrogen) atoms. The van der Waals surface area contributed by atoms with Crippen LogP contribution in [-0.2, 0) is 6.54 Å². The molecule has 2 heterocycles. The molecule has 8 heteroatoms. The zero-order valence-corrected chi connectivity index (χ0v) is 17.0. The minimum Gasteiger partial charge on any atom is -0.350 e. The van der Waals surface area contributed by atoms with E-state index in [9.17, 15) is 18.4 Å². The average molecular weight is 422 g/mol. The van der Waals surface area contributed by atoms with Gasteiger partial charge in [-0.1, -0.05) is 23.8 Å². The van der Waals surface area contributed by atoms with E-state index in [1.54, 1.807) is 18.5 Å². The number of carbonyl (C=O) groups is 1. The molecule has 6 nitrogen and oxygen atoms in total. The van der Waals surface area contributed by atoms with E-state index < -0.39 is 23.1 Å².